The molecular weight excluding hydrogens is 418 g/mol. The van der Waals surface area contributed by atoms with Gasteiger partial charge in [0, 0.05) is 17.1 Å². The molecule has 0 spiro atoms. The molecule has 0 atom stereocenters. The van der Waals surface area contributed by atoms with Crippen molar-refractivity contribution in [3.8, 4) is 11.5 Å². The van der Waals surface area contributed by atoms with Gasteiger partial charge in [-0.15, -0.1) is 0 Å². The molecule has 1 heterocycles. The lowest BCUT2D eigenvalue weighted by atomic mass is 10.1. The highest BCUT2D eigenvalue weighted by molar-refractivity contribution is 9.10. The van der Waals surface area contributed by atoms with Gasteiger partial charge in [0.15, 0.2) is 11.5 Å². The molecule has 1 aliphatic carbocycles. The maximum absolute atomic E-state index is 13.3. The number of carbonyl (C=O) groups excluding carboxylic acids is 1. The number of carbonyl (C=O) groups is 1. The van der Waals surface area contributed by atoms with Gasteiger partial charge in [-0.3, -0.25) is 4.79 Å². The van der Waals surface area contributed by atoms with Gasteiger partial charge in [-0.05, 0) is 48.7 Å². The van der Waals surface area contributed by atoms with Crippen molar-refractivity contribution in [2.45, 2.75) is 38.3 Å². The molecule has 4 nitrogen and oxygen atoms in total. The topological polar surface area (TPSA) is 38.8 Å². The van der Waals surface area contributed by atoms with Crippen molar-refractivity contribution in [1.29, 1.82) is 0 Å². The molecule has 1 saturated carbocycles. The number of hydrogen-bond acceptors (Lipinski definition) is 3. The van der Waals surface area contributed by atoms with Crippen molar-refractivity contribution < 1.29 is 14.3 Å². The Balaban J connectivity index is 1.64. The molecule has 0 saturated heterocycles. The van der Waals surface area contributed by atoms with Crippen LogP contribution in [0.2, 0.25) is 5.02 Å². The molecule has 0 unspecified atom stereocenters. The van der Waals surface area contributed by atoms with E-state index in [-0.39, 0.29) is 18.7 Å². The largest absolute Gasteiger partial charge is 0.454 e. The molecule has 0 bridgehead atoms. The van der Waals surface area contributed by atoms with Crippen LogP contribution in [0.1, 0.15) is 41.6 Å². The van der Waals surface area contributed by atoms with E-state index >= 15 is 0 Å². The SMILES string of the molecule is O=C(c1cc(Br)ccc1Cl)N(Cc1ccc2c(c1)OCO2)C1CCCC1. The number of rotatable bonds is 4. The first-order chi connectivity index (χ1) is 12.6. The summed E-state index contributed by atoms with van der Waals surface area (Å²) in [5.74, 6) is 1.46. The predicted molar refractivity (Wildman–Crippen MR) is 104 cm³/mol. The zero-order valence-corrected chi connectivity index (χ0v) is 16.6. The number of fused-ring (bicyclic) bond motifs is 1. The first-order valence-corrected chi connectivity index (χ1v) is 9.93. The van der Waals surface area contributed by atoms with Gasteiger partial charge in [0.1, 0.15) is 0 Å². The highest BCUT2D eigenvalue weighted by Gasteiger charge is 2.29. The van der Waals surface area contributed by atoms with Gasteiger partial charge in [0.2, 0.25) is 6.79 Å². The summed E-state index contributed by atoms with van der Waals surface area (Å²) in [6.07, 6.45) is 4.37. The van der Waals surface area contributed by atoms with Gasteiger partial charge in [0.25, 0.3) is 5.91 Å². The van der Waals surface area contributed by atoms with Crippen LogP contribution < -0.4 is 9.47 Å². The maximum atomic E-state index is 13.3. The summed E-state index contributed by atoms with van der Waals surface area (Å²) in [5.41, 5.74) is 1.56. The number of nitrogens with zero attached hydrogens (tertiary/aromatic N) is 1. The van der Waals surface area contributed by atoms with Crippen molar-refractivity contribution in [3.05, 3.63) is 57.0 Å². The Kier molecular flexibility index (Phi) is 5.09. The van der Waals surface area contributed by atoms with Crippen molar-refractivity contribution in [3.63, 3.8) is 0 Å². The van der Waals surface area contributed by atoms with E-state index in [0.717, 1.165) is 47.2 Å². The Bertz CT molecular complexity index is 836. The molecule has 0 radical (unpaired) electrons. The predicted octanol–water partition coefficient (Wildman–Crippen LogP) is 5.42. The Morgan fingerprint density at radius 2 is 1.88 bits per heavy atom. The van der Waals surface area contributed by atoms with E-state index in [9.17, 15) is 4.79 Å². The van der Waals surface area contributed by atoms with Crippen LogP contribution in [0, 0.1) is 0 Å². The molecule has 1 amide bonds. The summed E-state index contributed by atoms with van der Waals surface area (Å²) in [4.78, 5) is 15.3. The minimum Gasteiger partial charge on any atom is -0.454 e. The van der Waals surface area contributed by atoms with Crippen LogP contribution in [0.15, 0.2) is 40.9 Å². The summed E-state index contributed by atoms with van der Waals surface area (Å²) >= 11 is 9.75. The average Bonchev–Trinajstić information content (AvgIpc) is 3.32. The lowest BCUT2D eigenvalue weighted by Gasteiger charge is -2.29. The molecule has 2 aromatic carbocycles. The molecule has 1 fully saturated rings. The molecule has 6 heteroatoms. The van der Waals surface area contributed by atoms with E-state index in [0.29, 0.717) is 17.1 Å². The van der Waals surface area contributed by atoms with Crippen LogP contribution in [0.3, 0.4) is 0 Å². The van der Waals surface area contributed by atoms with Gasteiger partial charge in [-0.2, -0.15) is 0 Å². The molecule has 2 aromatic rings. The monoisotopic (exact) mass is 435 g/mol. The second-order valence-corrected chi connectivity index (χ2v) is 8.01. The van der Waals surface area contributed by atoms with Gasteiger partial charge in [0.05, 0.1) is 10.6 Å². The molecule has 0 aromatic heterocycles. The van der Waals surface area contributed by atoms with Crippen molar-refractivity contribution in [2.75, 3.05) is 6.79 Å². The number of ether oxygens (including phenoxy) is 2. The van der Waals surface area contributed by atoms with E-state index in [1.165, 1.54) is 0 Å². The summed E-state index contributed by atoms with van der Waals surface area (Å²) in [6, 6.07) is 11.5. The number of halogens is 2. The van der Waals surface area contributed by atoms with Crippen molar-refractivity contribution >= 4 is 33.4 Å². The molecule has 2 aliphatic rings. The molecule has 4 rings (SSSR count). The zero-order chi connectivity index (χ0) is 18.1. The van der Waals surface area contributed by atoms with Crippen LogP contribution >= 0.6 is 27.5 Å². The molecule has 26 heavy (non-hydrogen) atoms. The van der Waals surface area contributed by atoms with E-state index in [1.54, 1.807) is 12.1 Å². The fraction of sp³-hybridized carbons (Fsp3) is 0.350. The standard InChI is InChI=1S/C20H19BrClNO3/c21-14-6-7-17(22)16(10-14)20(24)23(15-3-1-2-4-15)11-13-5-8-18-19(9-13)26-12-25-18/h5-10,15H,1-4,11-12H2. The molecule has 1 aliphatic heterocycles. The summed E-state index contributed by atoms with van der Waals surface area (Å²) < 4.78 is 11.7. The van der Waals surface area contributed by atoms with Crippen LogP contribution in [-0.2, 0) is 6.54 Å². The minimum absolute atomic E-state index is 0.0270. The third-order valence-electron chi connectivity index (χ3n) is 4.98. The summed E-state index contributed by atoms with van der Waals surface area (Å²) in [5, 5.41) is 0.479. The lowest BCUT2D eigenvalue weighted by Crippen LogP contribution is -2.38. The number of hydrogen-bond donors (Lipinski definition) is 0. The second-order valence-electron chi connectivity index (χ2n) is 6.68. The third kappa shape index (κ3) is 3.55. The second kappa shape index (κ2) is 7.49. The van der Waals surface area contributed by atoms with Crippen molar-refractivity contribution in [2.24, 2.45) is 0 Å². The fourth-order valence-electron chi connectivity index (χ4n) is 3.63. The zero-order valence-electron chi connectivity index (χ0n) is 14.2. The first kappa shape index (κ1) is 17.7. The summed E-state index contributed by atoms with van der Waals surface area (Å²) in [6.45, 7) is 0.778. The van der Waals surface area contributed by atoms with Crippen molar-refractivity contribution in [1.82, 2.24) is 4.90 Å². The Labute approximate surface area is 166 Å². The van der Waals surface area contributed by atoms with E-state index in [4.69, 9.17) is 21.1 Å². The number of benzene rings is 2. The van der Waals surface area contributed by atoms with Gasteiger partial charge in [-0.25, -0.2) is 0 Å². The highest BCUT2D eigenvalue weighted by Crippen LogP contribution is 2.34. The third-order valence-corrected chi connectivity index (χ3v) is 5.80. The quantitative estimate of drug-likeness (QED) is 0.643. The normalized spacial score (nSPS) is 16.1. The molecule has 136 valence electrons. The first-order valence-electron chi connectivity index (χ1n) is 8.76. The minimum atomic E-state index is -0.0270. The Morgan fingerprint density at radius 1 is 1.12 bits per heavy atom. The Hall–Kier alpha value is -1.72. The smallest absolute Gasteiger partial charge is 0.255 e. The van der Waals surface area contributed by atoms with Crippen LogP contribution in [0.25, 0.3) is 0 Å². The average molecular weight is 437 g/mol. The number of amides is 1. The fourth-order valence-corrected chi connectivity index (χ4v) is 4.19. The van der Waals surface area contributed by atoms with Crippen LogP contribution in [0.5, 0.6) is 11.5 Å². The Morgan fingerprint density at radius 3 is 2.69 bits per heavy atom. The van der Waals surface area contributed by atoms with E-state index in [1.807, 2.05) is 29.2 Å². The molecular formula is C20H19BrClNO3. The highest BCUT2D eigenvalue weighted by atomic mass is 79.9. The van der Waals surface area contributed by atoms with Gasteiger partial charge in [-0.1, -0.05) is 46.4 Å². The van der Waals surface area contributed by atoms with Gasteiger partial charge >= 0.3 is 0 Å². The maximum Gasteiger partial charge on any atom is 0.255 e. The van der Waals surface area contributed by atoms with E-state index in [2.05, 4.69) is 15.9 Å². The van der Waals surface area contributed by atoms with Crippen LogP contribution in [-0.4, -0.2) is 23.6 Å². The van der Waals surface area contributed by atoms with Gasteiger partial charge < -0.3 is 14.4 Å². The van der Waals surface area contributed by atoms with Crippen LogP contribution in [0.4, 0.5) is 0 Å². The molecule has 0 N–H and O–H groups in total. The summed E-state index contributed by atoms with van der Waals surface area (Å²) in [7, 11) is 0. The van der Waals surface area contributed by atoms with E-state index < -0.39 is 0 Å². The lowest BCUT2D eigenvalue weighted by molar-refractivity contribution is 0.0664.